The van der Waals surface area contributed by atoms with Crippen molar-refractivity contribution in [3.05, 3.63) is 0 Å². The Morgan fingerprint density at radius 2 is 1.00 bits per heavy atom. The van der Waals surface area contributed by atoms with Gasteiger partial charge < -0.3 is 0 Å². The van der Waals surface area contributed by atoms with Crippen LogP contribution in [0.25, 0.3) is 0 Å². The molecule has 0 rings (SSSR count). The van der Waals surface area contributed by atoms with Crippen molar-refractivity contribution in [3.8, 4) is 0 Å². The molecule has 0 unspecified atom stereocenters. The Hall–Kier alpha value is 2.63. The SMILES string of the molecule is [Au+].[Ge+4].[Pd+2].[W+2]. The van der Waals surface area contributed by atoms with E-state index in [9.17, 15) is 0 Å². The second-order valence-corrected chi connectivity index (χ2v) is 0. The molecule has 0 N–H and O–H groups in total. The van der Waals surface area contributed by atoms with Crippen LogP contribution in [0.1, 0.15) is 0 Å². The minimum Gasteiger partial charge on any atom is 1.00 e. The Kier molecular flexibility index (Phi) is 132. The molecule has 4 heavy (non-hydrogen) atoms. The Balaban J connectivity index is 0. The van der Waals surface area contributed by atoms with E-state index in [-0.39, 0.29) is 81.5 Å². The second kappa shape index (κ2) is 17.4. The molecule has 0 aromatic rings. The minimum atomic E-state index is 0. The minimum absolute atomic E-state index is 0. The number of hydrogen-bond acceptors (Lipinski definition) is 0. The van der Waals surface area contributed by atoms with Crippen molar-refractivity contribution in [2.24, 2.45) is 0 Å². The smallest absolute Gasteiger partial charge is 1.00 e. The molecule has 0 nitrogen and oxygen atoms in total. The van der Waals surface area contributed by atoms with Gasteiger partial charge in [-0.05, 0) is 0 Å². The molecule has 0 atom stereocenters. The topological polar surface area (TPSA) is 0 Å². The van der Waals surface area contributed by atoms with Gasteiger partial charge in [0.05, 0.1) is 0 Å². The molecule has 0 radical (unpaired) electrons. The van der Waals surface area contributed by atoms with E-state index in [1.54, 1.807) is 0 Å². The molecule has 22 valence electrons. The maximum atomic E-state index is 0. The molecule has 0 heterocycles. The molecule has 0 aliphatic carbocycles. The third-order valence-corrected chi connectivity index (χ3v) is 0. The molecule has 0 bridgehead atoms. The summed E-state index contributed by atoms with van der Waals surface area (Å²) in [7, 11) is 0. The van der Waals surface area contributed by atoms with Crippen LogP contribution in [0.5, 0.6) is 0 Å². The van der Waals surface area contributed by atoms with E-state index < -0.39 is 0 Å². The van der Waals surface area contributed by atoms with Crippen molar-refractivity contribution in [2.75, 3.05) is 0 Å². The summed E-state index contributed by atoms with van der Waals surface area (Å²) < 4.78 is 0. The third-order valence-electron chi connectivity index (χ3n) is 0. The normalized spacial score (nSPS) is 0. The predicted molar refractivity (Wildman–Crippen MR) is 5.75 cm³/mol. The quantitative estimate of drug-likeness (QED) is 0.355. The van der Waals surface area contributed by atoms with Crippen LogP contribution >= 0.6 is 0 Å². The Bertz CT molecular complexity index is 8.00. The molecule has 0 spiro atoms. The van der Waals surface area contributed by atoms with Crippen molar-refractivity contribution < 1.29 is 63.9 Å². The molecule has 4 heteroatoms. The van der Waals surface area contributed by atoms with E-state index in [4.69, 9.17) is 0 Å². The van der Waals surface area contributed by atoms with Gasteiger partial charge in [0.2, 0.25) is 0 Å². The van der Waals surface area contributed by atoms with Crippen LogP contribution in [-0.2, 0) is 63.9 Å². The summed E-state index contributed by atoms with van der Waals surface area (Å²) in [6.07, 6.45) is 0. The molecule has 0 saturated carbocycles. The zero-order valence-corrected chi connectivity index (χ0v) is 10.3. The summed E-state index contributed by atoms with van der Waals surface area (Å²) in [5.41, 5.74) is 0. The van der Waals surface area contributed by atoms with Gasteiger partial charge in [-0.2, -0.15) is 0 Å². The van der Waals surface area contributed by atoms with Gasteiger partial charge in [0.25, 0.3) is 0 Å². The first-order valence-electron chi connectivity index (χ1n) is 0. The van der Waals surface area contributed by atoms with E-state index in [0.29, 0.717) is 0 Å². The average Bonchev–Trinajstić information content (AvgIpc) is 0. The van der Waals surface area contributed by atoms with Gasteiger partial charge in [-0.15, -0.1) is 0 Å². The van der Waals surface area contributed by atoms with E-state index in [1.165, 1.54) is 0 Å². The van der Waals surface area contributed by atoms with Crippen LogP contribution in [0.3, 0.4) is 0 Å². The van der Waals surface area contributed by atoms with E-state index in [1.807, 2.05) is 0 Å². The Labute approximate surface area is 80.3 Å². The van der Waals surface area contributed by atoms with Gasteiger partial charge >= 0.3 is 81.5 Å². The first-order chi connectivity index (χ1) is 0. The average molecular weight is 560 g/mol. The first kappa shape index (κ1) is 30.4. The van der Waals surface area contributed by atoms with Crippen LogP contribution in [0.4, 0.5) is 0 Å². The fourth-order valence-corrected chi connectivity index (χ4v) is 0. The molecular weight excluding hydrogens is 560 g/mol. The van der Waals surface area contributed by atoms with Gasteiger partial charge in [0.1, 0.15) is 0 Å². The Morgan fingerprint density at radius 1 is 1.00 bits per heavy atom. The van der Waals surface area contributed by atoms with Crippen LogP contribution < -0.4 is 0 Å². The molecule has 0 aromatic heterocycles. The first-order valence-corrected chi connectivity index (χ1v) is 0. The van der Waals surface area contributed by atoms with Crippen LogP contribution in [0, 0.1) is 0 Å². The molecule has 0 aromatic carbocycles. The van der Waals surface area contributed by atoms with E-state index in [2.05, 4.69) is 0 Å². The standard InChI is InChI=1S/Au.Ge.Pd.W/q+1;+4;2*+2. The number of hydrogen-bond donors (Lipinski definition) is 0. The van der Waals surface area contributed by atoms with Crippen LogP contribution in [0.2, 0.25) is 0 Å². The summed E-state index contributed by atoms with van der Waals surface area (Å²) in [6.45, 7) is 0. The fourth-order valence-electron chi connectivity index (χ4n) is 0. The molecule has 0 saturated heterocycles. The molecule has 0 aliphatic heterocycles. The van der Waals surface area contributed by atoms with Crippen molar-refractivity contribution in [2.45, 2.75) is 0 Å². The monoisotopic (exact) mass is 561 g/mol. The van der Waals surface area contributed by atoms with Crippen molar-refractivity contribution in [1.29, 1.82) is 0 Å². The van der Waals surface area contributed by atoms with Gasteiger partial charge in [0, 0.05) is 0 Å². The zero-order valence-electron chi connectivity index (χ0n) is 1.53. The maximum Gasteiger partial charge on any atom is 4.00 e. The van der Waals surface area contributed by atoms with Crippen molar-refractivity contribution in [1.82, 2.24) is 0 Å². The summed E-state index contributed by atoms with van der Waals surface area (Å²) in [5, 5.41) is 0. The van der Waals surface area contributed by atoms with Crippen molar-refractivity contribution in [3.63, 3.8) is 0 Å². The van der Waals surface area contributed by atoms with Crippen molar-refractivity contribution >= 4 is 17.6 Å². The van der Waals surface area contributed by atoms with Gasteiger partial charge in [0.15, 0.2) is 0 Å². The number of rotatable bonds is 0. The maximum absolute atomic E-state index is 0. The summed E-state index contributed by atoms with van der Waals surface area (Å²) in [6, 6.07) is 0. The van der Waals surface area contributed by atoms with Crippen LogP contribution in [0.15, 0.2) is 0 Å². The summed E-state index contributed by atoms with van der Waals surface area (Å²) in [4.78, 5) is 0. The largest absolute Gasteiger partial charge is 4.00 e. The second-order valence-electron chi connectivity index (χ2n) is 0. The molecule has 0 fully saturated rings. The van der Waals surface area contributed by atoms with E-state index >= 15 is 0 Å². The third kappa shape index (κ3) is 8.82. The predicted octanol–water partition coefficient (Wildman–Crippen LogP) is -0.388. The van der Waals surface area contributed by atoms with E-state index in [0.717, 1.165) is 0 Å². The summed E-state index contributed by atoms with van der Waals surface area (Å²) >= 11 is 0. The fraction of sp³-hybridized carbons (Fsp3) is 0. The Morgan fingerprint density at radius 3 is 1.00 bits per heavy atom. The van der Waals surface area contributed by atoms with Gasteiger partial charge in [-0.1, -0.05) is 0 Å². The molecular formula is AuGePdW+9. The zero-order chi connectivity index (χ0) is 0. The summed E-state index contributed by atoms with van der Waals surface area (Å²) in [5.74, 6) is 0. The van der Waals surface area contributed by atoms with Gasteiger partial charge in [-0.3, -0.25) is 0 Å². The molecule has 0 amide bonds. The van der Waals surface area contributed by atoms with Crippen LogP contribution in [-0.4, -0.2) is 17.6 Å². The molecule has 0 aliphatic rings. The van der Waals surface area contributed by atoms with Gasteiger partial charge in [-0.25, -0.2) is 0 Å².